The molecular weight excluding hydrogens is 192 g/mol. The van der Waals surface area contributed by atoms with E-state index in [0.717, 1.165) is 5.69 Å². The standard InChI is InChI=1S/C11H16N2O2/c1-2-15-8-7-11(14)13-10-5-3-9(12)4-6-10/h3-6H,2,7-8,12H2,1H3,(H,13,14). The van der Waals surface area contributed by atoms with Crippen LogP contribution in [0.25, 0.3) is 0 Å². The first-order valence-corrected chi connectivity index (χ1v) is 4.95. The monoisotopic (exact) mass is 208 g/mol. The summed E-state index contributed by atoms with van der Waals surface area (Å²) in [5.41, 5.74) is 6.96. The van der Waals surface area contributed by atoms with Gasteiger partial charge in [0, 0.05) is 18.0 Å². The van der Waals surface area contributed by atoms with Crippen LogP contribution in [0.2, 0.25) is 0 Å². The highest BCUT2D eigenvalue weighted by molar-refractivity contribution is 5.90. The normalized spacial score (nSPS) is 9.93. The fourth-order valence-corrected chi connectivity index (χ4v) is 1.10. The van der Waals surface area contributed by atoms with Crippen LogP contribution in [-0.4, -0.2) is 19.1 Å². The maximum absolute atomic E-state index is 11.3. The van der Waals surface area contributed by atoms with Crippen molar-refractivity contribution in [3.8, 4) is 0 Å². The lowest BCUT2D eigenvalue weighted by Gasteiger charge is -2.05. The molecule has 4 heteroatoms. The van der Waals surface area contributed by atoms with Gasteiger partial charge in [-0.15, -0.1) is 0 Å². The van der Waals surface area contributed by atoms with Gasteiger partial charge in [-0.2, -0.15) is 0 Å². The van der Waals surface area contributed by atoms with Crippen molar-refractivity contribution in [3.63, 3.8) is 0 Å². The maximum atomic E-state index is 11.3. The van der Waals surface area contributed by atoms with E-state index in [1.54, 1.807) is 24.3 Å². The molecule has 0 aliphatic rings. The fourth-order valence-electron chi connectivity index (χ4n) is 1.10. The third-order valence-electron chi connectivity index (χ3n) is 1.87. The Kier molecular flexibility index (Phi) is 4.63. The van der Waals surface area contributed by atoms with E-state index in [1.807, 2.05) is 6.92 Å². The summed E-state index contributed by atoms with van der Waals surface area (Å²) in [6.07, 6.45) is 0.373. The molecule has 1 rings (SSSR count). The second-order valence-electron chi connectivity index (χ2n) is 3.12. The molecule has 0 heterocycles. The molecule has 0 fully saturated rings. The van der Waals surface area contributed by atoms with Crippen molar-refractivity contribution < 1.29 is 9.53 Å². The van der Waals surface area contributed by atoms with Crippen LogP contribution in [0.4, 0.5) is 11.4 Å². The van der Waals surface area contributed by atoms with Crippen molar-refractivity contribution in [2.24, 2.45) is 0 Å². The Balaban J connectivity index is 2.34. The van der Waals surface area contributed by atoms with Crippen LogP contribution in [0.15, 0.2) is 24.3 Å². The average molecular weight is 208 g/mol. The quantitative estimate of drug-likeness (QED) is 0.571. The minimum atomic E-state index is -0.0479. The number of hydrogen-bond donors (Lipinski definition) is 2. The predicted molar refractivity (Wildman–Crippen MR) is 60.6 cm³/mol. The van der Waals surface area contributed by atoms with Gasteiger partial charge in [0.05, 0.1) is 13.0 Å². The molecule has 0 bridgehead atoms. The molecule has 0 radical (unpaired) electrons. The van der Waals surface area contributed by atoms with E-state index in [0.29, 0.717) is 25.3 Å². The number of amides is 1. The van der Waals surface area contributed by atoms with Gasteiger partial charge in [0.15, 0.2) is 0 Å². The lowest BCUT2D eigenvalue weighted by molar-refractivity contribution is -0.117. The minimum Gasteiger partial charge on any atom is -0.399 e. The van der Waals surface area contributed by atoms with Gasteiger partial charge in [-0.05, 0) is 31.2 Å². The molecule has 3 N–H and O–H groups in total. The number of ether oxygens (including phenoxy) is 1. The van der Waals surface area contributed by atoms with E-state index in [4.69, 9.17) is 10.5 Å². The van der Waals surface area contributed by atoms with Crippen LogP contribution in [0.3, 0.4) is 0 Å². The molecule has 0 saturated carbocycles. The van der Waals surface area contributed by atoms with Crippen molar-refractivity contribution in [1.29, 1.82) is 0 Å². The topological polar surface area (TPSA) is 64.3 Å². The van der Waals surface area contributed by atoms with Gasteiger partial charge in [0.1, 0.15) is 0 Å². The summed E-state index contributed by atoms with van der Waals surface area (Å²) in [7, 11) is 0. The van der Waals surface area contributed by atoms with Crippen molar-refractivity contribution in [3.05, 3.63) is 24.3 Å². The molecule has 0 aliphatic carbocycles. The zero-order valence-corrected chi connectivity index (χ0v) is 8.82. The average Bonchev–Trinajstić information content (AvgIpc) is 2.22. The molecule has 0 unspecified atom stereocenters. The summed E-state index contributed by atoms with van der Waals surface area (Å²) in [5.74, 6) is -0.0479. The summed E-state index contributed by atoms with van der Waals surface area (Å²) in [5, 5.41) is 2.75. The van der Waals surface area contributed by atoms with E-state index in [9.17, 15) is 4.79 Å². The number of anilines is 2. The number of carbonyl (C=O) groups is 1. The second kappa shape index (κ2) is 6.03. The highest BCUT2D eigenvalue weighted by Gasteiger charge is 2.01. The van der Waals surface area contributed by atoms with E-state index in [-0.39, 0.29) is 5.91 Å². The van der Waals surface area contributed by atoms with Crippen LogP contribution in [0, 0.1) is 0 Å². The molecule has 0 aliphatic heterocycles. The molecule has 1 amide bonds. The largest absolute Gasteiger partial charge is 0.399 e. The number of carbonyl (C=O) groups excluding carboxylic acids is 1. The van der Waals surface area contributed by atoms with Gasteiger partial charge in [0.2, 0.25) is 5.91 Å². The number of rotatable bonds is 5. The van der Waals surface area contributed by atoms with Gasteiger partial charge in [-0.25, -0.2) is 0 Å². The molecule has 82 valence electrons. The summed E-state index contributed by atoms with van der Waals surface area (Å²) in [6, 6.07) is 7.04. The highest BCUT2D eigenvalue weighted by atomic mass is 16.5. The first-order valence-electron chi connectivity index (χ1n) is 4.95. The summed E-state index contributed by atoms with van der Waals surface area (Å²) in [4.78, 5) is 11.3. The fraction of sp³-hybridized carbons (Fsp3) is 0.364. The van der Waals surface area contributed by atoms with Crippen molar-refractivity contribution >= 4 is 17.3 Å². The van der Waals surface area contributed by atoms with Gasteiger partial charge < -0.3 is 15.8 Å². The molecule has 4 nitrogen and oxygen atoms in total. The van der Waals surface area contributed by atoms with Gasteiger partial charge in [-0.1, -0.05) is 0 Å². The zero-order valence-electron chi connectivity index (χ0n) is 8.82. The van der Waals surface area contributed by atoms with E-state index < -0.39 is 0 Å². The zero-order chi connectivity index (χ0) is 11.1. The van der Waals surface area contributed by atoms with Crippen molar-refractivity contribution in [1.82, 2.24) is 0 Å². The number of nitrogen functional groups attached to an aromatic ring is 1. The molecule has 1 aromatic rings. The SMILES string of the molecule is CCOCCC(=O)Nc1ccc(N)cc1. The lowest BCUT2D eigenvalue weighted by Crippen LogP contribution is -2.14. The van der Waals surface area contributed by atoms with Crippen LogP contribution in [0.5, 0.6) is 0 Å². The third kappa shape index (κ3) is 4.46. The van der Waals surface area contributed by atoms with Gasteiger partial charge >= 0.3 is 0 Å². The van der Waals surface area contributed by atoms with Crippen LogP contribution in [0.1, 0.15) is 13.3 Å². The van der Waals surface area contributed by atoms with Crippen LogP contribution in [-0.2, 0) is 9.53 Å². The van der Waals surface area contributed by atoms with E-state index >= 15 is 0 Å². The number of nitrogens with one attached hydrogen (secondary N) is 1. The molecule has 0 atom stereocenters. The number of hydrogen-bond acceptors (Lipinski definition) is 3. The maximum Gasteiger partial charge on any atom is 0.226 e. The summed E-state index contributed by atoms with van der Waals surface area (Å²) >= 11 is 0. The second-order valence-corrected chi connectivity index (χ2v) is 3.12. The summed E-state index contributed by atoms with van der Waals surface area (Å²) in [6.45, 7) is 2.99. The Morgan fingerprint density at radius 2 is 2.07 bits per heavy atom. The predicted octanol–water partition coefficient (Wildman–Crippen LogP) is 1.63. The van der Waals surface area contributed by atoms with Crippen molar-refractivity contribution in [2.45, 2.75) is 13.3 Å². The Labute approximate surface area is 89.4 Å². The minimum absolute atomic E-state index is 0.0479. The third-order valence-corrected chi connectivity index (χ3v) is 1.87. The van der Waals surface area contributed by atoms with E-state index in [1.165, 1.54) is 0 Å². The Bertz CT molecular complexity index is 309. The first-order chi connectivity index (χ1) is 7.22. The molecule has 0 aromatic heterocycles. The van der Waals surface area contributed by atoms with Gasteiger partial charge in [-0.3, -0.25) is 4.79 Å². The highest BCUT2D eigenvalue weighted by Crippen LogP contribution is 2.10. The Hall–Kier alpha value is -1.55. The Morgan fingerprint density at radius 1 is 1.40 bits per heavy atom. The summed E-state index contributed by atoms with van der Waals surface area (Å²) < 4.78 is 5.08. The molecule has 15 heavy (non-hydrogen) atoms. The lowest BCUT2D eigenvalue weighted by atomic mass is 10.3. The van der Waals surface area contributed by atoms with E-state index in [2.05, 4.69) is 5.32 Å². The molecule has 0 spiro atoms. The number of nitrogens with two attached hydrogens (primary N) is 1. The van der Waals surface area contributed by atoms with Crippen LogP contribution < -0.4 is 11.1 Å². The smallest absolute Gasteiger partial charge is 0.226 e. The molecule has 0 saturated heterocycles. The van der Waals surface area contributed by atoms with Gasteiger partial charge in [0.25, 0.3) is 0 Å². The van der Waals surface area contributed by atoms with Crippen LogP contribution >= 0.6 is 0 Å². The van der Waals surface area contributed by atoms with Crippen molar-refractivity contribution in [2.75, 3.05) is 24.3 Å². The molecular formula is C11H16N2O2. The first kappa shape index (κ1) is 11.5. The number of benzene rings is 1. The Morgan fingerprint density at radius 3 is 2.67 bits per heavy atom. The molecule has 1 aromatic carbocycles.